The van der Waals surface area contributed by atoms with Gasteiger partial charge in [-0.05, 0) is 47.7 Å². The summed E-state index contributed by atoms with van der Waals surface area (Å²) in [5.74, 6) is -0.986. The van der Waals surface area contributed by atoms with Gasteiger partial charge < -0.3 is 5.11 Å². The highest BCUT2D eigenvalue weighted by atomic mass is 32.2. The Balaban J connectivity index is 2.11. The third-order valence-electron chi connectivity index (χ3n) is 3.68. The number of nitro benzene ring substituents is 1. The van der Waals surface area contributed by atoms with Gasteiger partial charge in [-0.25, -0.2) is 4.79 Å². The van der Waals surface area contributed by atoms with Crippen LogP contribution >= 0.6 is 23.1 Å². The van der Waals surface area contributed by atoms with Crippen LogP contribution in [0.25, 0.3) is 21.6 Å². The minimum atomic E-state index is -0.986. The smallest absolute Gasteiger partial charge is 0.345 e. The van der Waals surface area contributed by atoms with Crippen molar-refractivity contribution < 1.29 is 14.8 Å². The predicted octanol–water partition coefficient (Wildman–Crippen LogP) is 5.41. The molecule has 5 nitrogen and oxygen atoms in total. The molecule has 25 heavy (non-hydrogen) atoms. The van der Waals surface area contributed by atoms with Crippen LogP contribution in [-0.2, 0) is 0 Å². The second-order valence-corrected chi connectivity index (χ2v) is 7.12. The molecule has 126 valence electrons. The second kappa shape index (κ2) is 7.08. The number of hydrogen-bond donors (Lipinski definition) is 1. The zero-order chi connectivity index (χ0) is 18.0. The average Bonchev–Trinajstić information content (AvgIpc) is 3.07. The average molecular weight is 371 g/mol. The van der Waals surface area contributed by atoms with Gasteiger partial charge in [0.15, 0.2) is 0 Å². The number of carboxylic acids is 1. The molecule has 0 aliphatic heterocycles. The lowest BCUT2D eigenvalue weighted by atomic mass is 10.0. The zero-order valence-electron chi connectivity index (χ0n) is 13.1. The molecule has 1 aromatic heterocycles. The fourth-order valence-electron chi connectivity index (χ4n) is 2.43. The summed E-state index contributed by atoms with van der Waals surface area (Å²) in [7, 11) is 0. The SMILES string of the molecule is CSc1ccc(-c2cc(C(=O)O)sc2-c2ccc([N+](=O)[O-])cc2)cc1. The predicted molar refractivity (Wildman–Crippen MR) is 101 cm³/mol. The maximum absolute atomic E-state index is 11.4. The lowest BCUT2D eigenvalue weighted by Gasteiger charge is -2.05. The molecule has 7 heteroatoms. The minimum absolute atomic E-state index is 0.00429. The molecule has 0 saturated heterocycles. The van der Waals surface area contributed by atoms with E-state index in [4.69, 9.17) is 0 Å². The molecule has 3 aromatic rings. The molecule has 0 saturated carbocycles. The minimum Gasteiger partial charge on any atom is -0.477 e. The van der Waals surface area contributed by atoms with Crippen LogP contribution < -0.4 is 0 Å². The first-order valence-corrected chi connectivity index (χ1v) is 9.30. The summed E-state index contributed by atoms with van der Waals surface area (Å²) in [6.07, 6.45) is 1.99. The van der Waals surface area contributed by atoms with E-state index in [1.54, 1.807) is 30.0 Å². The van der Waals surface area contributed by atoms with Gasteiger partial charge in [0.25, 0.3) is 5.69 Å². The van der Waals surface area contributed by atoms with Crippen LogP contribution in [0.15, 0.2) is 59.5 Å². The van der Waals surface area contributed by atoms with Crippen molar-refractivity contribution in [1.82, 2.24) is 0 Å². The number of non-ortho nitro benzene ring substituents is 1. The summed E-state index contributed by atoms with van der Waals surface area (Å²) in [5.41, 5.74) is 2.48. The standard InChI is InChI=1S/C18H13NO4S2/c1-24-14-8-4-11(5-9-14)15-10-16(18(20)21)25-17(15)12-2-6-13(7-3-12)19(22)23/h2-10H,1H3,(H,20,21). The highest BCUT2D eigenvalue weighted by molar-refractivity contribution is 7.98. The van der Waals surface area contributed by atoms with Crippen molar-refractivity contribution >= 4 is 34.8 Å². The van der Waals surface area contributed by atoms with Gasteiger partial charge in [-0.15, -0.1) is 23.1 Å². The Hall–Kier alpha value is -2.64. The maximum atomic E-state index is 11.4. The summed E-state index contributed by atoms with van der Waals surface area (Å²) in [6, 6.07) is 15.7. The summed E-state index contributed by atoms with van der Waals surface area (Å²) >= 11 is 2.80. The van der Waals surface area contributed by atoms with E-state index in [0.717, 1.165) is 26.5 Å². The molecule has 0 radical (unpaired) electrons. The zero-order valence-corrected chi connectivity index (χ0v) is 14.8. The third-order valence-corrected chi connectivity index (χ3v) is 5.60. The monoisotopic (exact) mass is 371 g/mol. The molecule has 0 fully saturated rings. The van der Waals surface area contributed by atoms with E-state index in [0.29, 0.717) is 0 Å². The number of thioether (sulfide) groups is 1. The Kier molecular flexibility index (Phi) is 4.87. The Morgan fingerprint density at radius 3 is 2.20 bits per heavy atom. The number of thiophene rings is 1. The van der Waals surface area contributed by atoms with Gasteiger partial charge in [0.05, 0.1) is 4.92 Å². The van der Waals surface area contributed by atoms with Crippen LogP contribution in [0, 0.1) is 10.1 Å². The van der Waals surface area contributed by atoms with Gasteiger partial charge in [0.1, 0.15) is 4.88 Å². The Morgan fingerprint density at radius 1 is 1.08 bits per heavy atom. The van der Waals surface area contributed by atoms with Crippen molar-refractivity contribution in [2.45, 2.75) is 4.90 Å². The van der Waals surface area contributed by atoms with E-state index in [-0.39, 0.29) is 10.6 Å². The number of aromatic carboxylic acids is 1. The van der Waals surface area contributed by atoms with E-state index in [2.05, 4.69) is 0 Å². The molecule has 0 aliphatic rings. The number of nitro groups is 1. The number of carboxylic acid groups (broad SMARTS) is 1. The third kappa shape index (κ3) is 3.57. The fourth-order valence-corrected chi connectivity index (χ4v) is 3.86. The van der Waals surface area contributed by atoms with Crippen molar-refractivity contribution in [3.63, 3.8) is 0 Å². The number of nitrogens with zero attached hydrogens (tertiary/aromatic N) is 1. The Morgan fingerprint density at radius 2 is 1.68 bits per heavy atom. The van der Waals surface area contributed by atoms with E-state index in [1.165, 1.54) is 23.5 Å². The van der Waals surface area contributed by atoms with Crippen LogP contribution in [0.5, 0.6) is 0 Å². The second-order valence-electron chi connectivity index (χ2n) is 5.19. The first-order chi connectivity index (χ1) is 12.0. The maximum Gasteiger partial charge on any atom is 0.345 e. The number of hydrogen-bond acceptors (Lipinski definition) is 5. The largest absolute Gasteiger partial charge is 0.477 e. The number of benzene rings is 2. The van der Waals surface area contributed by atoms with Gasteiger partial charge in [0.2, 0.25) is 0 Å². The highest BCUT2D eigenvalue weighted by Gasteiger charge is 2.17. The van der Waals surface area contributed by atoms with Crippen LogP contribution in [0.3, 0.4) is 0 Å². The molecule has 0 unspecified atom stereocenters. The molecule has 0 aliphatic carbocycles. The van der Waals surface area contributed by atoms with Crippen molar-refractivity contribution in [2.24, 2.45) is 0 Å². The summed E-state index contributed by atoms with van der Waals surface area (Å²) in [4.78, 5) is 23.9. The van der Waals surface area contributed by atoms with Gasteiger partial charge >= 0.3 is 5.97 Å². The molecule has 1 N–H and O–H groups in total. The number of rotatable bonds is 5. The van der Waals surface area contributed by atoms with Crippen LogP contribution in [0.4, 0.5) is 5.69 Å². The van der Waals surface area contributed by atoms with Crippen molar-refractivity contribution in [3.05, 3.63) is 69.6 Å². The summed E-state index contributed by atoms with van der Waals surface area (Å²) in [6.45, 7) is 0. The topological polar surface area (TPSA) is 80.4 Å². The lowest BCUT2D eigenvalue weighted by Crippen LogP contribution is -1.89. The fraction of sp³-hybridized carbons (Fsp3) is 0.0556. The molecular weight excluding hydrogens is 358 g/mol. The molecular formula is C18H13NO4S2. The van der Waals surface area contributed by atoms with E-state index in [1.807, 2.05) is 30.5 Å². The van der Waals surface area contributed by atoms with Crippen LogP contribution in [-0.4, -0.2) is 22.3 Å². The first-order valence-electron chi connectivity index (χ1n) is 7.26. The van der Waals surface area contributed by atoms with Gasteiger partial charge in [-0.3, -0.25) is 10.1 Å². The molecule has 0 bridgehead atoms. The van der Waals surface area contributed by atoms with Gasteiger partial charge in [0, 0.05) is 27.5 Å². The van der Waals surface area contributed by atoms with E-state index in [9.17, 15) is 20.0 Å². The quantitative estimate of drug-likeness (QED) is 0.368. The molecule has 1 heterocycles. The first kappa shape index (κ1) is 17.2. The van der Waals surface area contributed by atoms with E-state index < -0.39 is 10.9 Å². The summed E-state index contributed by atoms with van der Waals surface area (Å²) in [5, 5.41) is 20.2. The van der Waals surface area contributed by atoms with Gasteiger partial charge in [-0.2, -0.15) is 0 Å². The molecule has 0 amide bonds. The normalized spacial score (nSPS) is 10.6. The Bertz CT molecular complexity index is 931. The van der Waals surface area contributed by atoms with E-state index >= 15 is 0 Å². The Labute approximate surface area is 152 Å². The molecule has 0 spiro atoms. The van der Waals surface area contributed by atoms with Crippen LogP contribution in [0.1, 0.15) is 9.67 Å². The highest BCUT2D eigenvalue weighted by Crippen LogP contribution is 2.40. The number of carbonyl (C=O) groups is 1. The van der Waals surface area contributed by atoms with Crippen molar-refractivity contribution in [1.29, 1.82) is 0 Å². The van der Waals surface area contributed by atoms with Crippen LogP contribution in [0.2, 0.25) is 0 Å². The van der Waals surface area contributed by atoms with Gasteiger partial charge in [-0.1, -0.05) is 12.1 Å². The molecule has 2 aromatic carbocycles. The molecule has 0 atom stereocenters. The van der Waals surface area contributed by atoms with Crippen molar-refractivity contribution in [2.75, 3.05) is 6.26 Å². The lowest BCUT2D eigenvalue weighted by molar-refractivity contribution is -0.384. The summed E-state index contributed by atoms with van der Waals surface area (Å²) < 4.78 is 0. The molecule has 3 rings (SSSR count). The van der Waals surface area contributed by atoms with Crippen molar-refractivity contribution in [3.8, 4) is 21.6 Å².